The van der Waals surface area contributed by atoms with Crippen LogP contribution in [0.2, 0.25) is 0 Å². The Kier molecular flexibility index (Phi) is 3.34. The number of nitrogens with one attached hydrogen (secondary N) is 3. The molecule has 5 nitrogen and oxygen atoms in total. The maximum atomic E-state index is 13.4. The van der Waals surface area contributed by atoms with Gasteiger partial charge in [0.05, 0.1) is 21.1 Å². The molecule has 1 amide bonds. The summed E-state index contributed by atoms with van der Waals surface area (Å²) in [6.45, 7) is 0. The van der Waals surface area contributed by atoms with Crippen LogP contribution in [0.4, 0.5) is 10.1 Å². The minimum atomic E-state index is -0.506. The van der Waals surface area contributed by atoms with Crippen LogP contribution >= 0.6 is 15.9 Å². The molecule has 0 aliphatic heterocycles. The van der Waals surface area contributed by atoms with Gasteiger partial charge >= 0.3 is 5.69 Å². The molecule has 0 bridgehead atoms. The zero-order valence-electron chi connectivity index (χ0n) is 10.5. The van der Waals surface area contributed by atoms with E-state index < -0.39 is 11.7 Å². The molecule has 0 fully saturated rings. The summed E-state index contributed by atoms with van der Waals surface area (Å²) in [4.78, 5) is 28.5. The van der Waals surface area contributed by atoms with Gasteiger partial charge < -0.3 is 15.3 Å². The van der Waals surface area contributed by atoms with E-state index in [-0.39, 0.29) is 15.7 Å². The molecule has 0 aliphatic rings. The second-order valence-corrected chi connectivity index (χ2v) is 5.19. The number of hydrogen-bond acceptors (Lipinski definition) is 2. The van der Waals surface area contributed by atoms with Crippen molar-refractivity contribution in [3.63, 3.8) is 0 Å². The van der Waals surface area contributed by atoms with Gasteiger partial charge in [0.1, 0.15) is 5.82 Å². The molecule has 3 rings (SSSR count). The Morgan fingerprint density at radius 1 is 1.14 bits per heavy atom. The van der Waals surface area contributed by atoms with Gasteiger partial charge in [-0.15, -0.1) is 0 Å². The van der Waals surface area contributed by atoms with E-state index in [4.69, 9.17) is 0 Å². The fraction of sp³-hybridized carbons (Fsp3) is 0. The summed E-state index contributed by atoms with van der Waals surface area (Å²) >= 11 is 3.05. The highest BCUT2D eigenvalue weighted by Crippen LogP contribution is 2.22. The monoisotopic (exact) mass is 349 g/mol. The highest BCUT2D eigenvalue weighted by molar-refractivity contribution is 9.10. The minimum Gasteiger partial charge on any atom is -0.322 e. The molecule has 0 radical (unpaired) electrons. The number of H-pyrrole nitrogens is 2. The highest BCUT2D eigenvalue weighted by Gasteiger charge is 2.13. The molecule has 0 saturated heterocycles. The van der Waals surface area contributed by atoms with E-state index >= 15 is 0 Å². The highest BCUT2D eigenvalue weighted by atomic mass is 79.9. The lowest BCUT2D eigenvalue weighted by molar-refractivity contribution is 0.102. The van der Waals surface area contributed by atoms with Crippen LogP contribution in [0.25, 0.3) is 11.0 Å². The minimum absolute atomic E-state index is 0.110. The standard InChI is InChI=1S/C14H9BrFN3O2/c15-12-8(2-1-3-9(12)16)13(20)17-7-4-5-10-11(6-7)19-14(21)18-10/h1-6H,(H,17,20)(H2,18,19,21). The largest absolute Gasteiger partial charge is 0.323 e. The molecule has 21 heavy (non-hydrogen) atoms. The quantitative estimate of drug-likeness (QED) is 0.664. The Morgan fingerprint density at radius 3 is 2.71 bits per heavy atom. The summed E-state index contributed by atoms with van der Waals surface area (Å²) in [5.41, 5.74) is 1.60. The van der Waals surface area contributed by atoms with Gasteiger partial charge in [0, 0.05) is 5.69 Å². The number of halogens is 2. The van der Waals surface area contributed by atoms with Crippen molar-refractivity contribution in [1.29, 1.82) is 0 Å². The summed E-state index contributed by atoms with van der Waals surface area (Å²) in [7, 11) is 0. The van der Waals surface area contributed by atoms with Crippen molar-refractivity contribution in [3.8, 4) is 0 Å². The molecule has 0 atom stereocenters. The van der Waals surface area contributed by atoms with Crippen molar-refractivity contribution in [2.75, 3.05) is 5.32 Å². The molecule has 0 spiro atoms. The third-order valence-corrected chi connectivity index (χ3v) is 3.78. The fourth-order valence-corrected chi connectivity index (χ4v) is 2.43. The Labute approximate surface area is 126 Å². The van der Waals surface area contributed by atoms with Gasteiger partial charge in [-0.3, -0.25) is 4.79 Å². The van der Waals surface area contributed by atoms with Crippen LogP contribution in [-0.2, 0) is 0 Å². The van der Waals surface area contributed by atoms with Crippen molar-refractivity contribution in [2.24, 2.45) is 0 Å². The van der Waals surface area contributed by atoms with Crippen molar-refractivity contribution >= 4 is 38.6 Å². The number of imidazole rings is 1. The third kappa shape index (κ3) is 2.59. The Balaban J connectivity index is 1.92. The van der Waals surface area contributed by atoms with Gasteiger partial charge in [-0.2, -0.15) is 0 Å². The first-order valence-corrected chi connectivity index (χ1v) is 6.81. The van der Waals surface area contributed by atoms with Gasteiger partial charge in [-0.25, -0.2) is 9.18 Å². The molecule has 7 heteroatoms. The first-order valence-electron chi connectivity index (χ1n) is 6.02. The topological polar surface area (TPSA) is 77.8 Å². The molecular weight excluding hydrogens is 341 g/mol. The van der Waals surface area contributed by atoms with Gasteiger partial charge in [0.2, 0.25) is 0 Å². The Hall–Kier alpha value is -2.41. The first kappa shape index (κ1) is 13.6. The number of anilines is 1. The molecule has 2 aromatic carbocycles. The zero-order chi connectivity index (χ0) is 15.0. The van der Waals surface area contributed by atoms with Crippen molar-refractivity contribution < 1.29 is 9.18 Å². The van der Waals surface area contributed by atoms with Crippen LogP contribution in [0, 0.1) is 5.82 Å². The Bertz CT molecular complexity index is 901. The zero-order valence-corrected chi connectivity index (χ0v) is 12.1. The third-order valence-electron chi connectivity index (χ3n) is 2.97. The van der Waals surface area contributed by atoms with Crippen molar-refractivity contribution in [1.82, 2.24) is 9.97 Å². The average Bonchev–Trinajstić information content (AvgIpc) is 2.81. The SMILES string of the molecule is O=C(Nc1ccc2[nH]c(=O)[nH]c2c1)c1cccc(F)c1Br. The number of amides is 1. The van der Waals surface area contributed by atoms with Gasteiger partial charge in [0.15, 0.2) is 0 Å². The summed E-state index contributed by atoms with van der Waals surface area (Å²) < 4.78 is 13.5. The predicted molar refractivity (Wildman–Crippen MR) is 81.0 cm³/mol. The predicted octanol–water partition coefficient (Wildman–Crippen LogP) is 3.01. The molecular formula is C14H9BrFN3O2. The number of fused-ring (bicyclic) bond motifs is 1. The maximum Gasteiger partial charge on any atom is 0.323 e. The number of rotatable bonds is 2. The average molecular weight is 350 g/mol. The van der Waals surface area contributed by atoms with Crippen LogP contribution in [-0.4, -0.2) is 15.9 Å². The summed E-state index contributed by atoms with van der Waals surface area (Å²) in [5.74, 6) is -0.952. The smallest absolute Gasteiger partial charge is 0.322 e. The molecule has 1 heterocycles. The van der Waals surface area contributed by atoms with E-state index in [0.29, 0.717) is 16.7 Å². The molecule has 3 N–H and O–H groups in total. The molecule has 1 aromatic heterocycles. The van der Waals surface area contributed by atoms with Crippen LogP contribution in [0.15, 0.2) is 45.7 Å². The Morgan fingerprint density at radius 2 is 1.90 bits per heavy atom. The summed E-state index contributed by atoms with van der Waals surface area (Å²) in [6.07, 6.45) is 0. The molecule has 3 aromatic rings. The molecule has 0 unspecified atom stereocenters. The number of carbonyl (C=O) groups excluding carboxylic acids is 1. The maximum absolute atomic E-state index is 13.4. The van der Waals surface area contributed by atoms with E-state index in [1.807, 2.05) is 0 Å². The van der Waals surface area contributed by atoms with Gasteiger partial charge in [-0.1, -0.05) is 6.07 Å². The van der Waals surface area contributed by atoms with Gasteiger partial charge in [-0.05, 0) is 46.3 Å². The molecule has 106 valence electrons. The van der Waals surface area contributed by atoms with E-state index in [1.54, 1.807) is 18.2 Å². The van der Waals surface area contributed by atoms with E-state index in [0.717, 1.165) is 0 Å². The van der Waals surface area contributed by atoms with Crippen LogP contribution in [0.5, 0.6) is 0 Å². The lowest BCUT2D eigenvalue weighted by Gasteiger charge is -2.07. The van der Waals surface area contributed by atoms with Crippen molar-refractivity contribution in [2.45, 2.75) is 0 Å². The number of benzene rings is 2. The van der Waals surface area contributed by atoms with Crippen molar-refractivity contribution in [3.05, 3.63) is 62.7 Å². The van der Waals surface area contributed by atoms with Gasteiger partial charge in [0.25, 0.3) is 5.91 Å². The first-order chi connectivity index (χ1) is 10.0. The number of carbonyl (C=O) groups is 1. The fourth-order valence-electron chi connectivity index (χ4n) is 1.99. The second kappa shape index (κ2) is 5.17. The number of hydrogen-bond donors (Lipinski definition) is 3. The normalized spacial score (nSPS) is 10.8. The van der Waals surface area contributed by atoms with Crippen LogP contribution < -0.4 is 11.0 Å². The molecule has 0 saturated carbocycles. The number of aromatic nitrogens is 2. The molecule has 0 aliphatic carbocycles. The van der Waals surface area contributed by atoms with E-state index in [9.17, 15) is 14.0 Å². The van der Waals surface area contributed by atoms with Crippen LogP contribution in [0.1, 0.15) is 10.4 Å². The van der Waals surface area contributed by atoms with E-state index in [1.165, 1.54) is 18.2 Å². The lowest BCUT2D eigenvalue weighted by Crippen LogP contribution is -2.13. The summed E-state index contributed by atoms with van der Waals surface area (Å²) in [6, 6.07) is 9.18. The second-order valence-electron chi connectivity index (χ2n) is 4.39. The summed E-state index contributed by atoms with van der Waals surface area (Å²) in [5, 5.41) is 2.66. The number of aromatic amines is 2. The lowest BCUT2D eigenvalue weighted by atomic mass is 10.2. The van der Waals surface area contributed by atoms with E-state index in [2.05, 4.69) is 31.2 Å². The van der Waals surface area contributed by atoms with Crippen LogP contribution in [0.3, 0.4) is 0 Å².